The van der Waals surface area contributed by atoms with Gasteiger partial charge in [0.1, 0.15) is 5.76 Å². The molecule has 128 valence electrons. The average molecular weight is 321 g/mol. The summed E-state index contributed by atoms with van der Waals surface area (Å²) < 4.78 is 5.17. The van der Waals surface area contributed by atoms with Crippen molar-refractivity contribution in [3.8, 4) is 0 Å². The lowest BCUT2D eigenvalue weighted by Crippen LogP contribution is -2.45. The van der Waals surface area contributed by atoms with E-state index in [0.717, 1.165) is 55.5 Å². The van der Waals surface area contributed by atoms with Crippen molar-refractivity contribution in [1.82, 2.24) is 20.7 Å². The number of carbonyl (C=O) groups excluding carboxylic acids is 1. The molecule has 0 saturated carbocycles. The zero-order chi connectivity index (χ0) is 16.8. The Kier molecular flexibility index (Phi) is 6.01. The largest absolute Gasteiger partial charge is 0.361 e. The second-order valence-electron chi connectivity index (χ2n) is 5.87. The van der Waals surface area contributed by atoms with Crippen molar-refractivity contribution < 1.29 is 9.32 Å². The van der Waals surface area contributed by atoms with E-state index < -0.39 is 0 Å². The topological polar surface area (TPSA) is 82.8 Å². The van der Waals surface area contributed by atoms with Crippen molar-refractivity contribution in [3.63, 3.8) is 0 Å². The van der Waals surface area contributed by atoms with Gasteiger partial charge in [-0.25, -0.2) is 0 Å². The molecule has 1 amide bonds. The first-order valence-corrected chi connectivity index (χ1v) is 8.21. The highest BCUT2D eigenvalue weighted by Crippen LogP contribution is 2.12. The van der Waals surface area contributed by atoms with Crippen molar-refractivity contribution in [1.29, 1.82) is 0 Å². The van der Waals surface area contributed by atoms with Crippen LogP contribution in [0.25, 0.3) is 0 Å². The number of rotatable bonds is 5. The summed E-state index contributed by atoms with van der Waals surface area (Å²) >= 11 is 0. The first-order valence-electron chi connectivity index (χ1n) is 8.21. The summed E-state index contributed by atoms with van der Waals surface area (Å²) in [5.41, 5.74) is 2.09. The molecule has 23 heavy (non-hydrogen) atoms. The summed E-state index contributed by atoms with van der Waals surface area (Å²) in [7, 11) is 1.76. The molecule has 1 aromatic heterocycles. The van der Waals surface area contributed by atoms with Gasteiger partial charge in [-0.1, -0.05) is 12.1 Å². The Labute approximate surface area is 137 Å². The van der Waals surface area contributed by atoms with Gasteiger partial charge in [-0.3, -0.25) is 9.79 Å². The second-order valence-corrected chi connectivity index (χ2v) is 5.87. The summed E-state index contributed by atoms with van der Waals surface area (Å²) in [6.07, 6.45) is 2.36. The maximum absolute atomic E-state index is 11.7. The van der Waals surface area contributed by atoms with Crippen LogP contribution < -0.4 is 10.6 Å². The van der Waals surface area contributed by atoms with Crippen LogP contribution in [0.5, 0.6) is 0 Å². The monoisotopic (exact) mass is 321 g/mol. The predicted molar refractivity (Wildman–Crippen MR) is 89.5 cm³/mol. The molecule has 7 heteroatoms. The van der Waals surface area contributed by atoms with E-state index in [-0.39, 0.29) is 11.9 Å². The Hall–Kier alpha value is -2.05. The van der Waals surface area contributed by atoms with Crippen molar-refractivity contribution in [3.05, 3.63) is 17.0 Å². The summed E-state index contributed by atoms with van der Waals surface area (Å²) in [5, 5.41) is 10.7. The molecular weight excluding hydrogens is 294 g/mol. The van der Waals surface area contributed by atoms with Crippen molar-refractivity contribution in [2.75, 3.05) is 26.7 Å². The van der Waals surface area contributed by atoms with Crippen LogP contribution in [-0.2, 0) is 11.2 Å². The first kappa shape index (κ1) is 17.3. The smallest absolute Gasteiger partial charge is 0.222 e. The Bertz CT molecular complexity index is 547. The molecule has 1 atom stereocenters. The SMILES string of the molecule is CCC(=O)N1CCC(NC(=NC)NCCc2c(C)noc2C)C1. The molecule has 0 aromatic carbocycles. The fourth-order valence-corrected chi connectivity index (χ4v) is 2.88. The highest BCUT2D eigenvalue weighted by Gasteiger charge is 2.25. The molecule has 1 aliphatic heterocycles. The molecule has 2 N–H and O–H groups in total. The second kappa shape index (κ2) is 7.99. The van der Waals surface area contributed by atoms with Crippen molar-refractivity contribution in [2.24, 2.45) is 4.99 Å². The third-order valence-corrected chi connectivity index (χ3v) is 4.26. The first-order chi connectivity index (χ1) is 11.0. The van der Waals surface area contributed by atoms with Crippen molar-refractivity contribution >= 4 is 11.9 Å². The molecule has 2 heterocycles. The van der Waals surface area contributed by atoms with E-state index in [1.165, 1.54) is 0 Å². The molecule has 1 fully saturated rings. The van der Waals surface area contributed by atoms with E-state index in [4.69, 9.17) is 4.52 Å². The lowest BCUT2D eigenvalue weighted by molar-refractivity contribution is -0.129. The van der Waals surface area contributed by atoms with Crippen molar-refractivity contribution in [2.45, 2.75) is 46.1 Å². The van der Waals surface area contributed by atoms with Crippen LogP contribution in [-0.4, -0.2) is 54.6 Å². The Morgan fingerprint density at radius 2 is 2.26 bits per heavy atom. The van der Waals surface area contributed by atoms with Crippen LogP contribution >= 0.6 is 0 Å². The summed E-state index contributed by atoms with van der Waals surface area (Å²) in [6, 6.07) is 0.260. The van der Waals surface area contributed by atoms with Gasteiger partial charge in [0.2, 0.25) is 5.91 Å². The lowest BCUT2D eigenvalue weighted by atomic mass is 10.1. The Balaban J connectivity index is 1.77. The van der Waals surface area contributed by atoms with Crippen LogP contribution in [0.3, 0.4) is 0 Å². The van der Waals surface area contributed by atoms with Crippen LogP contribution in [0.4, 0.5) is 0 Å². The average Bonchev–Trinajstić information content (AvgIpc) is 3.14. The molecular formula is C16H27N5O2. The van der Waals surface area contributed by atoms with E-state index in [1.807, 2.05) is 25.7 Å². The number of aliphatic imine (C=N–C) groups is 1. The number of carbonyl (C=O) groups is 1. The van der Waals surface area contributed by atoms with Gasteiger partial charge in [0, 0.05) is 44.7 Å². The fraction of sp³-hybridized carbons (Fsp3) is 0.688. The minimum Gasteiger partial charge on any atom is -0.361 e. The van der Waals surface area contributed by atoms with Crippen LogP contribution in [0.1, 0.15) is 36.8 Å². The molecule has 1 saturated heterocycles. The van der Waals surface area contributed by atoms with E-state index in [2.05, 4.69) is 20.8 Å². The molecule has 0 radical (unpaired) electrons. The molecule has 7 nitrogen and oxygen atoms in total. The van der Waals surface area contributed by atoms with Gasteiger partial charge in [-0.05, 0) is 26.7 Å². The number of aromatic nitrogens is 1. The minimum atomic E-state index is 0.218. The maximum Gasteiger partial charge on any atom is 0.222 e. The number of nitrogens with one attached hydrogen (secondary N) is 2. The van der Waals surface area contributed by atoms with E-state index >= 15 is 0 Å². The zero-order valence-corrected chi connectivity index (χ0v) is 14.5. The summed E-state index contributed by atoms with van der Waals surface area (Å²) in [6.45, 7) is 8.11. The zero-order valence-electron chi connectivity index (χ0n) is 14.5. The molecule has 1 unspecified atom stereocenters. The van der Waals surface area contributed by atoms with Gasteiger partial charge in [0.25, 0.3) is 0 Å². The molecule has 1 aliphatic rings. The highest BCUT2D eigenvalue weighted by molar-refractivity contribution is 5.80. The standard InChI is InChI=1S/C16H27N5O2/c1-5-15(22)21-9-7-13(10-21)19-16(17-4)18-8-6-14-11(2)20-23-12(14)3/h13H,5-10H2,1-4H3,(H2,17,18,19). The lowest BCUT2D eigenvalue weighted by Gasteiger charge is -2.18. The third kappa shape index (κ3) is 4.46. The number of likely N-dealkylation sites (tertiary alicyclic amines) is 1. The van der Waals surface area contributed by atoms with Crippen LogP contribution in [0.15, 0.2) is 9.52 Å². The molecule has 0 bridgehead atoms. The van der Waals surface area contributed by atoms with Gasteiger partial charge >= 0.3 is 0 Å². The van der Waals surface area contributed by atoms with E-state index in [1.54, 1.807) is 7.05 Å². The van der Waals surface area contributed by atoms with E-state index in [9.17, 15) is 4.79 Å². The number of aryl methyl sites for hydroxylation is 2. The number of amides is 1. The Morgan fingerprint density at radius 3 is 2.87 bits per heavy atom. The van der Waals surface area contributed by atoms with Gasteiger partial charge < -0.3 is 20.1 Å². The minimum absolute atomic E-state index is 0.218. The number of hydrogen-bond acceptors (Lipinski definition) is 4. The summed E-state index contributed by atoms with van der Waals surface area (Å²) in [5.74, 6) is 1.86. The van der Waals surface area contributed by atoms with Gasteiger partial charge in [-0.15, -0.1) is 0 Å². The quantitative estimate of drug-likeness (QED) is 0.625. The fourth-order valence-electron chi connectivity index (χ4n) is 2.88. The highest BCUT2D eigenvalue weighted by atomic mass is 16.5. The molecule has 0 spiro atoms. The normalized spacial score (nSPS) is 18.3. The molecule has 2 rings (SSSR count). The number of nitrogens with zero attached hydrogens (tertiary/aromatic N) is 3. The van der Waals surface area contributed by atoms with Gasteiger partial charge in [0.05, 0.1) is 5.69 Å². The number of guanidine groups is 1. The van der Waals surface area contributed by atoms with Crippen LogP contribution in [0, 0.1) is 13.8 Å². The maximum atomic E-state index is 11.7. The predicted octanol–water partition coefficient (Wildman–Crippen LogP) is 1.01. The van der Waals surface area contributed by atoms with Gasteiger partial charge in [-0.2, -0.15) is 0 Å². The van der Waals surface area contributed by atoms with Crippen LogP contribution in [0.2, 0.25) is 0 Å². The van der Waals surface area contributed by atoms with E-state index in [0.29, 0.717) is 6.42 Å². The Morgan fingerprint density at radius 1 is 1.48 bits per heavy atom. The summed E-state index contributed by atoms with van der Waals surface area (Å²) in [4.78, 5) is 17.9. The molecule has 1 aromatic rings. The molecule has 0 aliphatic carbocycles. The van der Waals surface area contributed by atoms with Gasteiger partial charge in [0.15, 0.2) is 5.96 Å². The third-order valence-electron chi connectivity index (χ3n) is 4.26. The number of hydrogen-bond donors (Lipinski definition) is 2.